The molecule has 0 saturated heterocycles. The van der Waals surface area contributed by atoms with Crippen molar-refractivity contribution >= 4 is 27.4 Å². The fraction of sp³-hybridized carbons (Fsp3) is 0.417. The topological polar surface area (TPSA) is 34.1 Å². The smallest absolute Gasteiger partial charge is 0.117 e. The summed E-state index contributed by atoms with van der Waals surface area (Å²) in [5, 5.41) is 5.76. The summed E-state index contributed by atoms with van der Waals surface area (Å²) in [6.07, 6.45) is 0. The minimum atomic E-state index is -0.0793. The number of methoxy groups -OCH3 is 1. The van der Waals surface area contributed by atoms with E-state index in [4.69, 9.17) is 4.74 Å². The van der Waals surface area contributed by atoms with E-state index in [1.807, 2.05) is 18.2 Å². The van der Waals surface area contributed by atoms with Crippen LogP contribution in [0.4, 0.5) is 5.00 Å². The summed E-state index contributed by atoms with van der Waals surface area (Å²) < 4.78 is 9.59. The highest BCUT2D eigenvalue weighted by atomic mass is 32.1. The molecule has 0 fully saturated rings. The van der Waals surface area contributed by atoms with Gasteiger partial charge in [0.25, 0.3) is 0 Å². The first-order valence-electron chi connectivity index (χ1n) is 5.24. The van der Waals surface area contributed by atoms with Gasteiger partial charge in [-0.15, -0.1) is 0 Å². The lowest BCUT2D eigenvalue weighted by molar-refractivity contribution is 0.158. The Morgan fingerprint density at radius 2 is 2.12 bits per heavy atom. The summed E-state index contributed by atoms with van der Waals surface area (Å²) in [6, 6.07) is 8.15. The molecule has 3 nitrogen and oxygen atoms in total. The highest BCUT2D eigenvalue weighted by Gasteiger charge is 2.19. The third-order valence-corrected chi connectivity index (χ3v) is 3.13. The Morgan fingerprint density at radius 1 is 1.38 bits per heavy atom. The molecule has 0 unspecified atom stereocenters. The Bertz CT molecular complexity index is 479. The van der Waals surface area contributed by atoms with Crippen LogP contribution in [0.2, 0.25) is 0 Å². The largest absolute Gasteiger partial charge is 0.382 e. The van der Waals surface area contributed by atoms with Gasteiger partial charge in [-0.1, -0.05) is 12.1 Å². The number of ether oxygens (including phenoxy) is 1. The molecule has 0 aliphatic rings. The summed E-state index contributed by atoms with van der Waals surface area (Å²) in [5.74, 6) is 0. The van der Waals surface area contributed by atoms with Gasteiger partial charge in [0, 0.05) is 12.5 Å². The first kappa shape index (κ1) is 11.4. The van der Waals surface area contributed by atoms with Crippen LogP contribution in [0.15, 0.2) is 24.3 Å². The highest BCUT2D eigenvalue weighted by molar-refractivity contribution is 7.11. The molecule has 16 heavy (non-hydrogen) atoms. The van der Waals surface area contributed by atoms with Crippen molar-refractivity contribution in [2.75, 3.05) is 19.0 Å². The van der Waals surface area contributed by atoms with E-state index < -0.39 is 0 Å². The van der Waals surface area contributed by atoms with Crippen LogP contribution in [0.5, 0.6) is 0 Å². The zero-order chi connectivity index (χ0) is 11.6. The van der Waals surface area contributed by atoms with Gasteiger partial charge in [-0.3, -0.25) is 0 Å². The predicted octanol–water partition coefficient (Wildman–Crippen LogP) is 3.13. The molecule has 4 heteroatoms. The van der Waals surface area contributed by atoms with Gasteiger partial charge in [0.1, 0.15) is 5.00 Å². The van der Waals surface area contributed by atoms with Crippen molar-refractivity contribution in [1.29, 1.82) is 0 Å². The Hall–Kier alpha value is -1.13. The quantitative estimate of drug-likeness (QED) is 0.885. The standard InChI is InChI=1S/C12H16N2OS/c1-12(2,8-15-3)13-11-9-6-4-5-7-10(9)14-16-11/h4-7,13H,8H2,1-3H3. The van der Waals surface area contributed by atoms with Crippen LogP contribution in [-0.4, -0.2) is 23.6 Å². The summed E-state index contributed by atoms with van der Waals surface area (Å²) in [7, 11) is 1.72. The fourth-order valence-corrected chi connectivity index (χ4v) is 2.63. The Labute approximate surface area is 99.6 Å². The number of benzene rings is 1. The van der Waals surface area contributed by atoms with Crippen molar-refractivity contribution in [3.8, 4) is 0 Å². The average molecular weight is 236 g/mol. The Morgan fingerprint density at radius 3 is 2.88 bits per heavy atom. The number of nitrogens with one attached hydrogen (secondary N) is 1. The van der Waals surface area contributed by atoms with E-state index in [0.717, 1.165) is 10.5 Å². The zero-order valence-electron chi connectivity index (χ0n) is 9.78. The van der Waals surface area contributed by atoms with Crippen molar-refractivity contribution < 1.29 is 4.74 Å². The maximum Gasteiger partial charge on any atom is 0.117 e. The molecular weight excluding hydrogens is 220 g/mol. The van der Waals surface area contributed by atoms with Crippen LogP contribution in [0.25, 0.3) is 10.9 Å². The molecule has 0 bridgehead atoms. The molecule has 0 spiro atoms. The second kappa shape index (κ2) is 4.39. The van der Waals surface area contributed by atoms with Crippen molar-refractivity contribution in [1.82, 2.24) is 4.37 Å². The number of fused-ring (bicyclic) bond motifs is 1. The van der Waals surface area contributed by atoms with Crippen LogP contribution in [-0.2, 0) is 4.74 Å². The van der Waals surface area contributed by atoms with Crippen LogP contribution in [0.3, 0.4) is 0 Å². The van der Waals surface area contributed by atoms with Crippen LogP contribution < -0.4 is 5.32 Å². The molecule has 1 N–H and O–H groups in total. The number of hydrogen-bond donors (Lipinski definition) is 1. The molecule has 1 heterocycles. The normalized spacial score (nSPS) is 11.9. The van der Waals surface area contributed by atoms with Crippen molar-refractivity contribution in [3.63, 3.8) is 0 Å². The average Bonchev–Trinajstić information content (AvgIpc) is 2.61. The Kier molecular flexibility index (Phi) is 3.12. The lowest BCUT2D eigenvalue weighted by atomic mass is 10.1. The van der Waals surface area contributed by atoms with Gasteiger partial charge in [0.15, 0.2) is 0 Å². The lowest BCUT2D eigenvalue weighted by Gasteiger charge is -2.25. The third-order valence-electron chi connectivity index (χ3n) is 2.34. The van der Waals surface area contributed by atoms with Gasteiger partial charge in [0.2, 0.25) is 0 Å². The summed E-state index contributed by atoms with van der Waals surface area (Å²) in [5.41, 5.74) is 0.965. The van der Waals surface area contributed by atoms with Crippen molar-refractivity contribution in [2.45, 2.75) is 19.4 Å². The van der Waals surface area contributed by atoms with E-state index >= 15 is 0 Å². The number of nitrogens with zero attached hydrogens (tertiary/aromatic N) is 1. The molecule has 1 aromatic carbocycles. The van der Waals surface area contributed by atoms with Gasteiger partial charge in [-0.25, -0.2) is 0 Å². The van der Waals surface area contributed by atoms with E-state index in [2.05, 4.69) is 29.6 Å². The molecule has 1 aromatic heterocycles. The second-order valence-electron chi connectivity index (χ2n) is 4.47. The molecule has 86 valence electrons. The predicted molar refractivity (Wildman–Crippen MR) is 69.2 cm³/mol. The van der Waals surface area contributed by atoms with Gasteiger partial charge >= 0.3 is 0 Å². The number of hydrogen-bond acceptors (Lipinski definition) is 4. The van der Waals surface area contributed by atoms with Crippen LogP contribution in [0.1, 0.15) is 13.8 Å². The maximum absolute atomic E-state index is 5.19. The first-order chi connectivity index (χ1) is 7.62. The monoisotopic (exact) mass is 236 g/mol. The Balaban J connectivity index is 2.27. The molecule has 0 aliphatic carbocycles. The molecule has 2 aromatic rings. The van der Waals surface area contributed by atoms with E-state index in [0.29, 0.717) is 6.61 Å². The van der Waals surface area contributed by atoms with Gasteiger partial charge in [-0.2, -0.15) is 4.37 Å². The minimum absolute atomic E-state index is 0.0793. The van der Waals surface area contributed by atoms with Crippen molar-refractivity contribution in [2.24, 2.45) is 0 Å². The minimum Gasteiger partial charge on any atom is -0.382 e. The molecule has 2 rings (SSSR count). The van der Waals surface area contributed by atoms with Gasteiger partial charge in [0.05, 0.1) is 17.7 Å². The molecular formula is C12H16N2OS. The van der Waals surface area contributed by atoms with E-state index in [9.17, 15) is 0 Å². The molecule has 0 amide bonds. The molecule has 0 aliphatic heterocycles. The zero-order valence-corrected chi connectivity index (χ0v) is 10.6. The summed E-state index contributed by atoms with van der Waals surface area (Å²) >= 11 is 1.50. The van der Waals surface area contributed by atoms with E-state index in [1.54, 1.807) is 7.11 Å². The van der Waals surface area contributed by atoms with E-state index in [-0.39, 0.29) is 5.54 Å². The number of anilines is 1. The summed E-state index contributed by atoms with van der Waals surface area (Å²) in [6.45, 7) is 4.90. The maximum atomic E-state index is 5.19. The SMILES string of the molecule is COCC(C)(C)Nc1snc2ccccc12. The van der Waals surface area contributed by atoms with E-state index in [1.165, 1.54) is 16.9 Å². The highest BCUT2D eigenvalue weighted by Crippen LogP contribution is 2.29. The molecule has 0 atom stereocenters. The van der Waals surface area contributed by atoms with Crippen LogP contribution in [0, 0.1) is 0 Å². The second-order valence-corrected chi connectivity index (χ2v) is 5.24. The summed E-state index contributed by atoms with van der Waals surface area (Å²) in [4.78, 5) is 0. The first-order valence-corrected chi connectivity index (χ1v) is 6.01. The number of aromatic nitrogens is 1. The molecule has 0 saturated carbocycles. The fourth-order valence-electron chi connectivity index (χ4n) is 1.68. The van der Waals surface area contributed by atoms with Crippen LogP contribution >= 0.6 is 11.5 Å². The van der Waals surface area contributed by atoms with Gasteiger partial charge < -0.3 is 10.1 Å². The number of rotatable bonds is 4. The van der Waals surface area contributed by atoms with Gasteiger partial charge in [-0.05, 0) is 37.5 Å². The third kappa shape index (κ3) is 2.33. The molecule has 0 radical (unpaired) electrons. The lowest BCUT2D eigenvalue weighted by Crippen LogP contribution is -2.35. The van der Waals surface area contributed by atoms with Crippen molar-refractivity contribution in [3.05, 3.63) is 24.3 Å².